The molecule has 5 nitrogen and oxygen atoms in total. The molecule has 0 bridgehead atoms. The lowest BCUT2D eigenvalue weighted by molar-refractivity contribution is -0.267. The van der Waals surface area contributed by atoms with Crippen LogP contribution in [0.15, 0.2) is 12.7 Å². The van der Waals surface area contributed by atoms with Crippen molar-refractivity contribution >= 4 is 5.97 Å². The fourth-order valence-electron chi connectivity index (χ4n) is 6.75. The van der Waals surface area contributed by atoms with Crippen molar-refractivity contribution in [2.45, 2.75) is 96.7 Å². The number of aliphatic hydroxyl groups excluding tert-OH is 1. The van der Waals surface area contributed by atoms with Crippen molar-refractivity contribution in [2.24, 2.45) is 22.7 Å². The molecule has 1 saturated heterocycles. The summed E-state index contributed by atoms with van der Waals surface area (Å²) in [6.07, 6.45) is 3.30. The van der Waals surface area contributed by atoms with E-state index < -0.39 is 29.5 Å². The average Bonchev–Trinajstić information content (AvgIpc) is 2.92. The van der Waals surface area contributed by atoms with Gasteiger partial charge in [-0.2, -0.15) is 0 Å². The van der Waals surface area contributed by atoms with Crippen molar-refractivity contribution < 1.29 is 24.5 Å². The third kappa shape index (κ3) is 2.97. The SMILES string of the molecule is C=C[C@](C)(O)[C@@H]1C[C@@H]2[C@]3(C)CCCC(C)(C)[C@@H]3[C@H](OC(C)=O)[C@@H](O)[C@]2(C)O1. The highest BCUT2D eigenvalue weighted by Crippen LogP contribution is 2.66. The van der Waals surface area contributed by atoms with Crippen LogP contribution in [0.4, 0.5) is 0 Å². The average molecular weight is 381 g/mol. The predicted octanol–water partition coefficient (Wildman–Crippen LogP) is 3.23. The second kappa shape index (κ2) is 6.30. The lowest BCUT2D eigenvalue weighted by Gasteiger charge is -2.63. The van der Waals surface area contributed by atoms with E-state index in [4.69, 9.17) is 9.47 Å². The van der Waals surface area contributed by atoms with Crippen molar-refractivity contribution in [2.75, 3.05) is 0 Å². The summed E-state index contributed by atoms with van der Waals surface area (Å²) in [4.78, 5) is 11.9. The summed E-state index contributed by atoms with van der Waals surface area (Å²) in [7, 11) is 0. The Balaban J connectivity index is 2.10. The standard InChI is InChI=1S/C22H36O5/c1-8-21(6,25)15-12-14-20(5)11-9-10-19(3,4)17(20)16(26-13(2)23)18(24)22(14,7)27-15/h8,14-18,24-25H,1,9-12H2,2-7H3/t14-,15+,16+,17+,18-,20+,21+,22-/m1/s1. The Hall–Kier alpha value is -0.910. The Morgan fingerprint density at radius 1 is 1.30 bits per heavy atom. The van der Waals surface area contributed by atoms with Crippen LogP contribution in [0.1, 0.15) is 67.2 Å². The van der Waals surface area contributed by atoms with E-state index in [9.17, 15) is 15.0 Å². The van der Waals surface area contributed by atoms with Crippen LogP contribution in [0.3, 0.4) is 0 Å². The minimum Gasteiger partial charge on any atom is -0.459 e. The van der Waals surface area contributed by atoms with Crippen LogP contribution in [0.2, 0.25) is 0 Å². The molecule has 0 unspecified atom stereocenters. The van der Waals surface area contributed by atoms with Crippen LogP contribution in [-0.2, 0) is 14.3 Å². The summed E-state index contributed by atoms with van der Waals surface area (Å²) in [6, 6.07) is 0. The van der Waals surface area contributed by atoms with Gasteiger partial charge in [-0.25, -0.2) is 0 Å². The van der Waals surface area contributed by atoms with E-state index in [1.807, 2.05) is 6.92 Å². The first-order valence-corrected chi connectivity index (χ1v) is 10.2. The van der Waals surface area contributed by atoms with Gasteiger partial charge < -0.3 is 19.7 Å². The minimum absolute atomic E-state index is 0.0340. The normalized spacial score (nSPS) is 48.1. The third-order valence-corrected chi connectivity index (χ3v) is 8.02. The first-order chi connectivity index (χ1) is 12.3. The van der Waals surface area contributed by atoms with Gasteiger partial charge in [0.1, 0.15) is 17.8 Å². The minimum atomic E-state index is -1.17. The van der Waals surface area contributed by atoms with E-state index in [1.165, 1.54) is 13.0 Å². The molecule has 27 heavy (non-hydrogen) atoms. The number of carbonyl (C=O) groups excluding carboxylic acids is 1. The first-order valence-electron chi connectivity index (χ1n) is 10.2. The van der Waals surface area contributed by atoms with Gasteiger partial charge in [-0.15, -0.1) is 6.58 Å². The van der Waals surface area contributed by atoms with Crippen LogP contribution in [0.5, 0.6) is 0 Å². The molecule has 2 N–H and O–H groups in total. The zero-order valence-corrected chi connectivity index (χ0v) is 17.6. The van der Waals surface area contributed by atoms with Crippen LogP contribution < -0.4 is 0 Å². The number of carbonyl (C=O) groups is 1. The van der Waals surface area contributed by atoms with Crippen molar-refractivity contribution in [3.8, 4) is 0 Å². The molecule has 0 aromatic heterocycles. The number of hydrogen-bond acceptors (Lipinski definition) is 5. The fourth-order valence-corrected chi connectivity index (χ4v) is 6.75. The number of fused-ring (bicyclic) bond motifs is 3. The summed E-state index contributed by atoms with van der Waals surface area (Å²) in [5, 5.41) is 22.1. The van der Waals surface area contributed by atoms with Gasteiger partial charge in [0.15, 0.2) is 0 Å². The van der Waals surface area contributed by atoms with Crippen LogP contribution in [0.25, 0.3) is 0 Å². The molecule has 3 fully saturated rings. The quantitative estimate of drug-likeness (QED) is 0.581. The molecule has 0 aromatic carbocycles. The lowest BCUT2D eigenvalue weighted by atomic mass is 9.44. The number of hydrogen-bond donors (Lipinski definition) is 2. The van der Waals surface area contributed by atoms with E-state index >= 15 is 0 Å². The summed E-state index contributed by atoms with van der Waals surface area (Å²) in [5.74, 6) is -0.281. The molecule has 0 amide bonds. The maximum absolute atomic E-state index is 11.9. The van der Waals surface area contributed by atoms with Gasteiger partial charge in [0.05, 0.1) is 11.7 Å². The zero-order chi connectivity index (χ0) is 20.4. The van der Waals surface area contributed by atoms with Gasteiger partial charge in [-0.3, -0.25) is 4.79 Å². The fraction of sp³-hybridized carbons (Fsp3) is 0.864. The molecule has 154 valence electrons. The zero-order valence-electron chi connectivity index (χ0n) is 17.6. The topological polar surface area (TPSA) is 76.0 Å². The molecule has 5 heteroatoms. The Morgan fingerprint density at radius 3 is 2.48 bits per heavy atom. The highest BCUT2D eigenvalue weighted by Gasteiger charge is 2.70. The van der Waals surface area contributed by atoms with Gasteiger partial charge in [0.2, 0.25) is 0 Å². The van der Waals surface area contributed by atoms with E-state index in [0.717, 1.165) is 19.3 Å². The maximum Gasteiger partial charge on any atom is 0.303 e. The molecule has 3 rings (SSSR count). The maximum atomic E-state index is 11.9. The Bertz CT molecular complexity index is 626. The number of ether oxygens (including phenoxy) is 2. The second-order valence-corrected chi connectivity index (χ2v) is 10.4. The molecule has 1 aliphatic heterocycles. The van der Waals surface area contributed by atoms with Gasteiger partial charge in [0, 0.05) is 12.8 Å². The smallest absolute Gasteiger partial charge is 0.303 e. The molecule has 0 radical (unpaired) electrons. The molecule has 2 aliphatic carbocycles. The van der Waals surface area contributed by atoms with Crippen LogP contribution >= 0.6 is 0 Å². The van der Waals surface area contributed by atoms with E-state index in [0.29, 0.717) is 6.42 Å². The lowest BCUT2D eigenvalue weighted by Crippen LogP contribution is -2.69. The van der Waals surface area contributed by atoms with Gasteiger partial charge in [-0.1, -0.05) is 33.3 Å². The van der Waals surface area contributed by atoms with Crippen LogP contribution in [0, 0.1) is 22.7 Å². The molecular formula is C22H36O5. The van der Waals surface area contributed by atoms with Crippen molar-refractivity contribution in [1.82, 2.24) is 0 Å². The summed E-state index contributed by atoms with van der Waals surface area (Å²) < 4.78 is 12.1. The Kier molecular flexibility index (Phi) is 4.85. The summed E-state index contributed by atoms with van der Waals surface area (Å²) in [6.45, 7) is 15.5. The molecule has 1 heterocycles. The predicted molar refractivity (Wildman–Crippen MR) is 103 cm³/mol. The molecule has 0 spiro atoms. The number of aliphatic hydroxyl groups is 2. The molecule has 0 aromatic rings. The molecule has 8 atom stereocenters. The van der Waals surface area contributed by atoms with E-state index in [2.05, 4.69) is 27.4 Å². The molecular weight excluding hydrogens is 344 g/mol. The second-order valence-electron chi connectivity index (χ2n) is 10.4. The summed E-state index contributed by atoms with van der Waals surface area (Å²) >= 11 is 0. The Morgan fingerprint density at radius 2 is 1.93 bits per heavy atom. The van der Waals surface area contributed by atoms with Crippen molar-refractivity contribution in [3.05, 3.63) is 12.7 Å². The monoisotopic (exact) mass is 380 g/mol. The van der Waals surface area contributed by atoms with Crippen molar-refractivity contribution in [3.63, 3.8) is 0 Å². The van der Waals surface area contributed by atoms with Gasteiger partial charge in [-0.05, 0) is 49.9 Å². The number of esters is 1. The van der Waals surface area contributed by atoms with Gasteiger partial charge in [0.25, 0.3) is 0 Å². The van der Waals surface area contributed by atoms with Crippen molar-refractivity contribution in [1.29, 1.82) is 0 Å². The van der Waals surface area contributed by atoms with E-state index in [-0.39, 0.29) is 28.6 Å². The third-order valence-electron chi connectivity index (χ3n) is 8.02. The van der Waals surface area contributed by atoms with Crippen LogP contribution in [-0.4, -0.2) is 45.7 Å². The number of rotatable bonds is 3. The highest BCUT2D eigenvalue weighted by atomic mass is 16.6. The first kappa shape index (κ1) is 20.8. The summed E-state index contributed by atoms with van der Waals surface area (Å²) in [5.41, 5.74) is -2.26. The van der Waals surface area contributed by atoms with E-state index in [1.54, 1.807) is 6.92 Å². The van der Waals surface area contributed by atoms with Gasteiger partial charge >= 0.3 is 5.97 Å². The molecule has 2 saturated carbocycles. The molecule has 3 aliphatic rings. The Labute approximate surface area is 163 Å². The largest absolute Gasteiger partial charge is 0.459 e. The highest BCUT2D eigenvalue weighted by molar-refractivity contribution is 5.66.